The molecule has 0 saturated heterocycles. The third-order valence-corrected chi connectivity index (χ3v) is 3.90. The van der Waals surface area contributed by atoms with Crippen molar-refractivity contribution in [2.45, 2.75) is 13.5 Å². The van der Waals surface area contributed by atoms with E-state index in [-0.39, 0.29) is 0 Å². The van der Waals surface area contributed by atoms with Crippen molar-refractivity contribution in [3.63, 3.8) is 0 Å². The minimum absolute atomic E-state index is 0.555. The largest absolute Gasteiger partial charge is 0.357 e. The highest BCUT2D eigenvalue weighted by atomic mass is 35.5. The molecule has 0 fully saturated rings. The molecule has 0 spiro atoms. The minimum atomic E-state index is 0.555. The molecule has 5 heteroatoms. The van der Waals surface area contributed by atoms with Crippen LogP contribution in [0.4, 0.5) is 5.13 Å². The Hall–Kier alpha value is -0.580. The summed E-state index contributed by atoms with van der Waals surface area (Å²) in [4.78, 5) is 4.12. The van der Waals surface area contributed by atoms with Gasteiger partial charge in [-0.15, -0.1) is 11.3 Å². The fraction of sp³-hybridized carbons (Fsp3) is 0.222. The summed E-state index contributed by atoms with van der Waals surface area (Å²) in [5.41, 5.74) is 2.64. The molecule has 0 bridgehead atoms. The number of hydrogen-bond donors (Lipinski definition) is 1. The van der Waals surface area contributed by atoms with Crippen LogP contribution in [0.15, 0.2) is 16.1 Å². The highest BCUT2D eigenvalue weighted by molar-refractivity contribution is 7.14. The Bertz CT molecular complexity index is 422. The van der Waals surface area contributed by atoms with Crippen LogP contribution in [0, 0.1) is 6.92 Å². The molecular formula is C9H9ClN2S2. The first-order valence-corrected chi connectivity index (χ1v) is 6.32. The lowest BCUT2D eigenvalue weighted by atomic mass is 10.2. The predicted octanol–water partition coefficient (Wildman–Crippen LogP) is 3.78. The number of thiazole rings is 1. The number of rotatable bonds is 3. The van der Waals surface area contributed by atoms with Crippen molar-refractivity contribution in [3.05, 3.63) is 32.4 Å². The highest BCUT2D eigenvalue weighted by Gasteiger charge is 2.01. The zero-order valence-corrected chi connectivity index (χ0v) is 9.97. The number of anilines is 1. The van der Waals surface area contributed by atoms with Gasteiger partial charge in [-0.05, 0) is 28.8 Å². The van der Waals surface area contributed by atoms with Crippen LogP contribution >= 0.6 is 34.3 Å². The van der Waals surface area contributed by atoms with E-state index in [0.717, 1.165) is 11.7 Å². The Kier molecular flexibility index (Phi) is 3.05. The molecule has 0 radical (unpaired) electrons. The molecule has 1 N–H and O–H groups in total. The second kappa shape index (κ2) is 4.29. The zero-order chi connectivity index (χ0) is 9.97. The molecule has 0 aliphatic carbocycles. The molecule has 74 valence electrons. The number of thiophene rings is 1. The second-order valence-electron chi connectivity index (χ2n) is 2.91. The van der Waals surface area contributed by atoms with Crippen molar-refractivity contribution < 1.29 is 0 Å². The van der Waals surface area contributed by atoms with Gasteiger partial charge in [-0.3, -0.25) is 0 Å². The SMILES string of the molecule is Cc1cscc1CNc1nc(Cl)cs1. The first-order valence-electron chi connectivity index (χ1n) is 4.12. The van der Waals surface area contributed by atoms with Crippen LogP contribution in [0.3, 0.4) is 0 Å². The molecule has 0 unspecified atom stereocenters. The van der Waals surface area contributed by atoms with Crippen LogP contribution in [-0.2, 0) is 6.54 Å². The van der Waals surface area contributed by atoms with E-state index >= 15 is 0 Å². The van der Waals surface area contributed by atoms with E-state index in [1.54, 1.807) is 11.3 Å². The number of aromatic nitrogens is 1. The summed E-state index contributed by atoms with van der Waals surface area (Å²) in [6.45, 7) is 2.93. The van der Waals surface area contributed by atoms with Crippen molar-refractivity contribution in [2.24, 2.45) is 0 Å². The van der Waals surface area contributed by atoms with E-state index in [1.165, 1.54) is 22.5 Å². The van der Waals surface area contributed by atoms with E-state index in [4.69, 9.17) is 11.6 Å². The van der Waals surface area contributed by atoms with Crippen molar-refractivity contribution in [2.75, 3.05) is 5.32 Å². The lowest BCUT2D eigenvalue weighted by molar-refractivity contribution is 1.12. The summed E-state index contributed by atoms with van der Waals surface area (Å²) >= 11 is 8.96. The maximum Gasteiger partial charge on any atom is 0.184 e. The van der Waals surface area contributed by atoms with E-state index in [9.17, 15) is 0 Å². The molecular weight excluding hydrogens is 236 g/mol. The smallest absolute Gasteiger partial charge is 0.184 e. The van der Waals surface area contributed by atoms with Gasteiger partial charge in [0.2, 0.25) is 0 Å². The molecule has 2 aromatic heterocycles. The van der Waals surface area contributed by atoms with Crippen molar-refractivity contribution in [1.29, 1.82) is 0 Å². The van der Waals surface area contributed by atoms with E-state index < -0.39 is 0 Å². The molecule has 0 amide bonds. The Morgan fingerprint density at radius 1 is 1.43 bits per heavy atom. The van der Waals surface area contributed by atoms with E-state index in [2.05, 4.69) is 28.0 Å². The molecule has 2 heterocycles. The third kappa shape index (κ3) is 2.26. The number of hydrogen-bond acceptors (Lipinski definition) is 4. The van der Waals surface area contributed by atoms with Gasteiger partial charge >= 0.3 is 0 Å². The van der Waals surface area contributed by atoms with E-state index in [1.807, 2.05) is 5.38 Å². The average molecular weight is 245 g/mol. The Morgan fingerprint density at radius 3 is 2.86 bits per heavy atom. The van der Waals surface area contributed by atoms with Gasteiger partial charge in [0.05, 0.1) is 0 Å². The molecule has 2 aromatic rings. The number of nitrogens with one attached hydrogen (secondary N) is 1. The van der Waals surface area contributed by atoms with Gasteiger partial charge in [0.25, 0.3) is 0 Å². The van der Waals surface area contributed by atoms with Crippen LogP contribution in [0.25, 0.3) is 0 Å². The van der Waals surface area contributed by atoms with Crippen molar-refractivity contribution in [1.82, 2.24) is 4.98 Å². The third-order valence-electron chi connectivity index (χ3n) is 1.87. The topological polar surface area (TPSA) is 24.9 Å². The average Bonchev–Trinajstić information content (AvgIpc) is 2.72. The normalized spacial score (nSPS) is 10.4. The predicted molar refractivity (Wildman–Crippen MR) is 63.5 cm³/mol. The number of nitrogens with zero attached hydrogens (tertiary/aromatic N) is 1. The maximum absolute atomic E-state index is 5.71. The van der Waals surface area contributed by atoms with Gasteiger partial charge in [-0.2, -0.15) is 11.3 Å². The standard InChI is InChI=1S/C9H9ClN2S2/c1-6-3-13-4-7(6)2-11-9-12-8(10)5-14-9/h3-5H,2H2,1H3,(H,11,12). The van der Waals surface area contributed by atoms with Crippen LogP contribution in [0.1, 0.15) is 11.1 Å². The number of halogens is 1. The van der Waals surface area contributed by atoms with Crippen molar-refractivity contribution in [3.8, 4) is 0 Å². The van der Waals surface area contributed by atoms with Crippen LogP contribution in [0.5, 0.6) is 0 Å². The van der Waals surface area contributed by atoms with Crippen molar-refractivity contribution >= 4 is 39.4 Å². The molecule has 0 aromatic carbocycles. The molecule has 2 nitrogen and oxygen atoms in total. The summed E-state index contributed by atoms with van der Waals surface area (Å²) in [6.07, 6.45) is 0. The summed E-state index contributed by atoms with van der Waals surface area (Å²) in [7, 11) is 0. The van der Waals surface area contributed by atoms with Gasteiger partial charge < -0.3 is 5.32 Å². The molecule has 0 aliphatic heterocycles. The Balaban J connectivity index is 1.98. The summed E-state index contributed by atoms with van der Waals surface area (Å²) in [6, 6.07) is 0. The molecule has 14 heavy (non-hydrogen) atoms. The Labute approximate surface area is 95.6 Å². The lowest BCUT2D eigenvalue weighted by Crippen LogP contribution is -1.98. The monoisotopic (exact) mass is 244 g/mol. The molecule has 2 rings (SSSR count). The van der Waals surface area contributed by atoms with Gasteiger partial charge in [0.15, 0.2) is 5.13 Å². The van der Waals surface area contributed by atoms with Crippen LogP contribution in [0.2, 0.25) is 5.15 Å². The number of aryl methyl sites for hydroxylation is 1. The van der Waals surface area contributed by atoms with Gasteiger partial charge in [0, 0.05) is 11.9 Å². The second-order valence-corrected chi connectivity index (χ2v) is 4.90. The summed E-state index contributed by atoms with van der Waals surface area (Å²) in [5.74, 6) is 0. The highest BCUT2D eigenvalue weighted by Crippen LogP contribution is 2.21. The van der Waals surface area contributed by atoms with Crippen LogP contribution < -0.4 is 5.32 Å². The first-order chi connectivity index (χ1) is 6.75. The molecule has 0 atom stereocenters. The Morgan fingerprint density at radius 2 is 2.29 bits per heavy atom. The first kappa shape index (κ1) is 9.96. The summed E-state index contributed by atoms with van der Waals surface area (Å²) < 4.78 is 0. The van der Waals surface area contributed by atoms with Gasteiger partial charge in [0.1, 0.15) is 5.15 Å². The van der Waals surface area contributed by atoms with Gasteiger partial charge in [-0.25, -0.2) is 4.98 Å². The maximum atomic E-state index is 5.71. The summed E-state index contributed by atoms with van der Waals surface area (Å²) in [5, 5.41) is 10.8. The fourth-order valence-electron chi connectivity index (χ4n) is 1.07. The molecule has 0 saturated carbocycles. The molecule has 0 aliphatic rings. The van der Waals surface area contributed by atoms with E-state index in [0.29, 0.717) is 5.15 Å². The zero-order valence-electron chi connectivity index (χ0n) is 7.58. The van der Waals surface area contributed by atoms with Crippen LogP contribution in [-0.4, -0.2) is 4.98 Å². The van der Waals surface area contributed by atoms with Gasteiger partial charge in [-0.1, -0.05) is 11.6 Å². The minimum Gasteiger partial charge on any atom is -0.357 e. The fourth-order valence-corrected chi connectivity index (χ4v) is 2.77. The lowest BCUT2D eigenvalue weighted by Gasteiger charge is -2.00. The quantitative estimate of drug-likeness (QED) is 0.889.